The lowest BCUT2D eigenvalue weighted by Crippen LogP contribution is -2.49. The zero-order chi connectivity index (χ0) is 21.0. The molecule has 158 valence electrons. The summed E-state index contributed by atoms with van der Waals surface area (Å²) in [5, 5.41) is 13.4. The Balaban J connectivity index is 1.46. The molecule has 2 saturated carbocycles. The smallest absolute Gasteiger partial charge is 0.306 e. The summed E-state index contributed by atoms with van der Waals surface area (Å²) in [6.07, 6.45) is 5.40. The standard InChI is InChI=1S/C20H20F2N4O3S/c21-14-10-23-15(11-1-2-11)7-13(14)17-8-16(24-26(17)30-22)18(27)25-6-3-12(19(28)29)9-20(25)4-5-20/h7-8,10-12H,1-6,9H2,(H,28,29). The van der Waals surface area contributed by atoms with Crippen LogP contribution in [0.2, 0.25) is 0 Å². The van der Waals surface area contributed by atoms with Crippen molar-refractivity contribution in [3.8, 4) is 11.3 Å². The van der Waals surface area contributed by atoms with Crippen LogP contribution >= 0.6 is 12.3 Å². The number of aromatic nitrogens is 3. The van der Waals surface area contributed by atoms with Crippen molar-refractivity contribution < 1.29 is 23.0 Å². The Morgan fingerprint density at radius 3 is 2.63 bits per heavy atom. The van der Waals surface area contributed by atoms with Crippen LogP contribution in [-0.2, 0) is 4.79 Å². The molecule has 0 bridgehead atoms. The van der Waals surface area contributed by atoms with Crippen LogP contribution in [-0.4, -0.2) is 48.1 Å². The van der Waals surface area contributed by atoms with Gasteiger partial charge >= 0.3 is 5.97 Å². The fourth-order valence-corrected chi connectivity index (χ4v) is 4.78. The molecular formula is C20H20F2N4O3S. The second kappa shape index (κ2) is 7.04. The third-order valence-corrected chi connectivity index (χ3v) is 6.84. The van der Waals surface area contributed by atoms with Crippen molar-refractivity contribution in [3.63, 3.8) is 0 Å². The summed E-state index contributed by atoms with van der Waals surface area (Å²) < 4.78 is 29.0. The Hall–Kier alpha value is -2.49. The first-order valence-electron chi connectivity index (χ1n) is 10.0. The molecule has 2 aliphatic carbocycles. The zero-order valence-electron chi connectivity index (χ0n) is 16.1. The van der Waals surface area contributed by atoms with Crippen LogP contribution in [0, 0.1) is 11.7 Å². The molecule has 10 heteroatoms. The minimum absolute atomic E-state index is 0.0272. The molecule has 1 N–H and O–H groups in total. The monoisotopic (exact) mass is 434 g/mol. The van der Waals surface area contributed by atoms with Crippen molar-refractivity contribution >= 4 is 24.2 Å². The van der Waals surface area contributed by atoms with Crippen LogP contribution in [0.3, 0.4) is 0 Å². The number of halogens is 2. The van der Waals surface area contributed by atoms with E-state index in [1.165, 1.54) is 6.07 Å². The van der Waals surface area contributed by atoms with Gasteiger partial charge in [-0.1, -0.05) is 0 Å². The topological polar surface area (TPSA) is 88.3 Å². The highest BCUT2D eigenvalue weighted by Crippen LogP contribution is 2.50. The molecule has 0 radical (unpaired) electrons. The number of amides is 1. The first kappa shape index (κ1) is 19.5. The largest absolute Gasteiger partial charge is 0.481 e. The van der Waals surface area contributed by atoms with Gasteiger partial charge in [0.15, 0.2) is 23.8 Å². The van der Waals surface area contributed by atoms with Gasteiger partial charge in [0.2, 0.25) is 0 Å². The van der Waals surface area contributed by atoms with Crippen molar-refractivity contribution in [3.05, 3.63) is 35.5 Å². The van der Waals surface area contributed by atoms with Crippen molar-refractivity contribution in [2.24, 2.45) is 5.92 Å². The molecule has 5 rings (SSSR count). The molecule has 30 heavy (non-hydrogen) atoms. The molecule has 3 aliphatic rings. The fourth-order valence-electron chi connectivity index (χ4n) is 4.43. The number of nitrogens with zero attached hydrogens (tertiary/aromatic N) is 4. The van der Waals surface area contributed by atoms with Gasteiger partial charge in [0.1, 0.15) is 0 Å². The minimum Gasteiger partial charge on any atom is -0.481 e. The molecule has 2 aromatic heterocycles. The highest BCUT2D eigenvalue weighted by molar-refractivity contribution is 7.92. The Kier molecular flexibility index (Phi) is 4.57. The van der Waals surface area contributed by atoms with Crippen LogP contribution in [0.1, 0.15) is 60.6 Å². The molecule has 7 nitrogen and oxygen atoms in total. The van der Waals surface area contributed by atoms with Gasteiger partial charge in [-0.15, -0.1) is 3.89 Å². The molecular weight excluding hydrogens is 414 g/mol. The van der Waals surface area contributed by atoms with Crippen molar-refractivity contribution in [1.82, 2.24) is 19.1 Å². The van der Waals surface area contributed by atoms with Crippen LogP contribution in [0.25, 0.3) is 11.3 Å². The lowest BCUT2D eigenvalue weighted by molar-refractivity contribution is -0.144. The van der Waals surface area contributed by atoms with Crippen molar-refractivity contribution in [2.45, 2.75) is 50.0 Å². The molecule has 2 aromatic rings. The number of carboxylic acid groups (broad SMARTS) is 1. The van der Waals surface area contributed by atoms with Crippen molar-refractivity contribution in [1.29, 1.82) is 0 Å². The highest BCUT2D eigenvalue weighted by atomic mass is 32.2. The number of rotatable bonds is 5. The summed E-state index contributed by atoms with van der Waals surface area (Å²) in [7, 11) is 0. The summed E-state index contributed by atoms with van der Waals surface area (Å²) in [5.74, 6) is -1.98. The lowest BCUT2D eigenvalue weighted by atomic mass is 9.89. The number of hydrogen-bond donors (Lipinski definition) is 1. The fraction of sp³-hybridized carbons (Fsp3) is 0.500. The van der Waals surface area contributed by atoms with Gasteiger partial charge in [0, 0.05) is 29.3 Å². The van der Waals surface area contributed by atoms with Gasteiger partial charge in [-0.2, -0.15) is 9.19 Å². The summed E-state index contributed by atoms with van der Waals surface area (Å²) in [4.78, 5) is 30.3. The average molecular weight is 434 g/mol. The van der Waals surface area contributed by atoms with E-state index >= 15 is 0 Å². The molecule has 1 aliphatic heterocycles. The molecule has 1 unspecified atom stereocenters. The number of likely N-dealkylation sites (tertiary alicyclic amines) is 1. The number of carbonyl (C=O) groups is 2. The summed E-state index contributed by atoms with van der Waals surface area (Å²) in [6, 6.07) is 3.01. The van der Waals surface area contributed by atoms with Crippen LogP contribution in [0.15, 0.2) is 18.3 Å². The maximum Gasteiger partial charge on any atom is 0.306 e. The maximum absolute atomic E-state index is 14.5. The maximum atomic E-state index is 14.5. The Bertz CT molecular complexity index is 1040. The van der Waals surface area contributed by atoms with Gasteiger partial charge in [0.05, 0.1) is 17.8 Å². The van der Waals surface area contributed by atoms with E-state index in [4.69, 9.17) is 0 Å². The lowest BCUT2D eigenvalue weighted by Gasteiger charge is -2.38. The predicted molar refractivity (Wildman–Crippen MR) is 105 cm³/mol. The third-order valence-electron chi connectivity index (χ3n) is 6.43. The summed E-state index contributed by atoms with van der Waals surface area (Å²) in [6.45, 7) is 0.316. The SMILES string of the molecule is O=C(O)C1CCN(C(=O)c2cc(-c3cc(C4CC4)ncc3F)n(SF)n2)C2(CC2)C1. The second-order valence-corrected chi connectivity index (χ2v) is 8.91. The molecule has 1 spiro atoms. The van der Waals surface area contributed by atoms with Gasteiger partial charge in [-0.25, -0.2) is 4.39 Å². The van der Waals surface area contributed by atoms with E-state index < -0.39 is 23.2 Å². The van der Waals surface area contributed by atoms with Crippen LogP contribution in [0.4, 0.5) is 8.28 Å². The van der Waals surface area contributed by atoms with Gasteiger partial charge in [0.25, 0.3) is 5.91 Å². The van der Waals surface area contributed by atoms with E-state index in [0.29, 0.717) is 25.3 Å². The second-order valence-electron chi connectivity index (χ2n) is 8.43. The molecule has 1 atom stereocenters. The van der Waals surface area contributed by atoms with Gasteiger partial charge in [-0.3, -0.25) is 14.6 Å². The number of carboxylic acids is 1. The molecule has 3 fully saturated rings. The number of hydrogen-bond acceptors (Lipinski definition) is 5. The van der Waals surface area contributed by atoms with E-state index in [2.05, 4.69) is 10.1 Å². The zero-order valence-corrected chi connectivity index (χ0v) is 16.9. The van der Waals surface area contributed by atoms with E-state index in [9.17, 15) is 23.0 Å². The number of piperidine rings is 1. The molecule has 0 aromatic carbocycles. The Labute approximate surface area is 175 Å². The van der Waals surface area contributed by atoms with Gasteiger partial charge < -0.3 is 10.0 Å². The number of carbonyl (C=O) groups excluding carboxylic acids is 1. The van der Waals surface area contributed by atoms with Crippen LogP contribution < -0.4 is 0 Å². The number of pyridine rings is 1. The Morgan fingerprint density at radius 1 is 1.23 bits per heavy atom. The van der Waals surface area contributed by atoms with Gasteiger partial charge in [-0.05, 0) is 50.7 Å². The highest BCUT2D eigenvalue weighted by Gasteiger charge is 2.54. The minimum atomic E-state index is -0.839. The predicted octanol–water partition coefficient (Wildman–Crippen LogP) is 3.81. The van der Waals surface area contributed by atoms with Crippen LogP contribution in [0.5, 0.6) is 0 Å². The molecule has 1 saturated heterocycles. The van der Waals surface area contributed by atoms with E-state index in [1.807, 2.05) is 0 Å². The summed E-state index contributed by atoms with van der Waals surface area (Å²) >= 11 is -0.196. The molecule has 3 heterocycles. The Morgan fingerprint density at radius 2 is 2.00 bits per heavy atom. The quantitative estimate of drug-likeness (QED) is 0.770. The third kappa shape index (κ3) is 3.27. The van der Waals surface area contributed by atoms with E-state index in [0.717, 1.165) is 41.7 Å². The first-order valence-corrected chi connectivity index (χ1v) is 10.7. The van der Waals surface area contributed by atoms with E-state index in [-0.39, 0.29) is 35.2 Å². The summed E-state index contributed by atoms with van der Waals surface area (Å²) in [5.41, 5.74) is 0.655. The normalized spacial score (nSPS) is 22.3. The van der Waals surface area contributed by atoms with E-state index in [1.54, 1.807) is 11.0 Å². The van der Waals surface area contributed by atoms with Crippen molar-refractivity contribution in [2.75, 3.05) is 6.54 Å². The molecule has 1 amide bonds. The number of aliphatic carboxylic acids is 1. The first-order chi connectivity index (χ1) is 14.4. The average Bonchev–Trinajstić information content (AvgIpc) is 3.67.